The normalized spacial score (nSPS) is 29.5. The number of carbonyl (C=O) groups excluding carboxylic acids is 1. The maximum Gasteiger partial charge on any atom is 0.317 e. The summed E-state index contributed by atoms with van der Waals surface area (Å²) in [6.07, 6.45) is 6.41. The van der Waals surface area contributed by atoms with E-state index in [-0.39, 0.29) is 12.1 Å². The molecule has 2 saturated carbocycles. The van der Waals surface area contributed by atoms with Gasteiger partial charge in [0, 0.05) is 24.2 Å². The van der Waals surface area contributed by atoms with Crippen LogP contribution in [0.1, 0.15) is 48.8 Å². The summed E-state index contributed by atoms with van der Waals surface area (Å²) in [6.45, 7) is 3.95. The largest absolute Gasteiger partial charge is 0.328 e. The number of nitrogens with one attached hydrogen (secondary N) is 1. The van der Waals surface area contributed by atoms with Gasteiger partial charge in [0.2, 0.25) is 0 Å². The lowest BCUT2D eigenvalue weighted by Gasteiger charge is -2.22. The van der Waals surface area contributed by atoms with Gasteiger partial charge in [-0.15, -0.1) is 11.3 Å². The number of hydrogen-bond donors (Lipinski definition) is 1. The van der Waals surface area contributed by atoms with Crippen molar-refractivity contribution in [1.29, 1.82) is 0 Å². The first-order chi connectivity index (χ1) is 10.2. The van der Waals surface area contributed by atoms with Crippen molar-refractivity contribution >= 4 is 17.4 Å². The first-order valence-electron chi connectivity index (χ1n) is 8.18. The van der Waals surface area contributed by atoms with Crippen LogP contribution in [-0.4, -0.2) is 29.0 Å². The number of thiazole rings is 1. The second-order valence-corrected chi connectivity index (χ2v) is 7.84. The molecule has 0 unspecified atom stereocenters. The molecule has 4 rings (SSSR count). The van der Waals surface area contributed by atoms with Gasteiger partial charge in [0.25, 0.3) is 0 Å². The number of nitrogens with zero attached hydrogens (tertiary/aromatic N) is 2. The summed E-state index contributed by atoms with van der Waals surface area (Å²) in [4.78, 5) is 19.2. The molecule has 2 aliphatic carbocycles. The van der Waals surface area contributed by atoms with Crippen LogP contribution in [-0.2, 0) is 0 Å². The van der Waals surface area contributed by atoms with Gasteiger partial charge in [-0.2, -0.15) is 0 Å². The number of aromatic nitrogens is 1. The van der Waals surface area contributed by atoms with Gasteiger partial charge >= 0.3 is 6.03 Å². The van der Waals surface area contributed by atoms with Gasteiger partial charge in [0.15, 0.2) is 0 Å². The summed E-state index contributed by atoms with van der Waals surface area (Å²) in [5.41, 5.74) is 1.06. The van der Waals surface area contributed by atoms with Gasteiger partial charge in [-0.3, -0.25) is 0 Å². The third kappa shape index (κ3) is 2.68. The molecule has 0 bridgehead atoms. The summed E-state index contributed by atoms with van der Waals surface area (Å²) in [6, 6.07) is 0.269. The Morgan fingerprint density at radius 2 is 2.05 bits per heavy atom. The summed E-state index contributed by atoms with van der Waals surface area (Å²) in [5, 5.41) is 6.44. The van der Waals surface area contributed by atoms with Crippen molar-refractivity contribution in [2.75, 3.05) is 13.1 Å². The number of hydrogen-bond acceptors (Lipinski definition) is 3. The van der Waals surface area contributed by atoms with Crippen molar-refractivity contribution in [3.8, 4) is 0 Å². The fourth-order valence-electron chi connectivity index (χ4n) is 3.95. The van der Waals surface area contributed by atoms with E-state index in [9.17, 15) is 4.79 Å². The number of urea groups is 1. The lowest BCUT2D eigenvalue weighted by Crippen LogP contribution is -2.41. The number of aryl methyl sites for hydroxylation is 1. The van der Waals surface area contributed by atoms with E-state index < -0.39 is 0 Å². The van der Waals surface area contributed by atoms with Gasteiger partial charge in [-0.1, -0.05) is 6.42 Å². The van der Waals surface area contributed by atoms with E-state index in [2.05, 4.69) is 15.7 Å². The minimum atomic E-state index is 0.133. The average Bonchev–Trinajstić information content (AvgIpc) is 2.85. The topological polar surface area (TPSA) is 45.2 Å². The van der Waals surface area contributed by atoms with Crippen LogP contribution in [0.4, 0.5) is 4.79 Å². The lowest BCUT2D eigenvalue weighted by molar-refractivity contribution is 0.199. The van der Waals surface area contributed by atoms with Gasteiger partial charge < -0.3 is 10.2 Å². The molecule has 21 heavy (non-hydrogen) atoms. The monoisotopic (exact) mass is 305 g/mol. The van der Waals surface area contributed by atoms with Crippen LogP contribution >= 0.6 is 11.3 Å². The van der Waals surface area contributed by atoms with Gasteiger partial charge in [-0.25, -0.2) is 9.78 Å². The number of likely N-dealkylation sites (tertiary alicyclic amines) is 1. The van der Waals surface area contributed by atoms with Crippen molar-refractivity contribution in [3.05, 3.63) is 16.1 Å². The molecule has 2 amide bonds. The van der Waals surface area contributed by atoms with Gasteiger partial charge in [-0.05, 0) is 50.4 Å². The molecule has 1 aromatic rings. The molecular formula is C16H23N3OS. The molecule has 1 aliphatic heterocycles. The molecule has 1 aromatic heterocycles. The highest BCUT2D eigenvalue weighted by Crippen LogP contribution is 2.42. The minimum Gasteiger partial charge on any atom is -0.328 e. The number of rotatable bonds is 3. The predicted octanol–water partition coefficient (Wildman–Crippen LogP) is 3.34. The van der Waals surface area contributed by atoms with Gasteiger partial charge in [0.05, 0.1) is 6.04 Å². The molecule has 3 fully saturated rings. The Morgan fingerprint density at radius 3 is 2.62 bits per heavy atom. The number of fused-ring (bicyclic) bond motifs is 1. The molecule has 3 atom stereocenters. The molecule has 2 heterocycles. The van der Waals surface area contributed by atoms with Crippen molar-refractivity contribution in [1.82, 2.24) is 15.2 Å². The minimum absolute atomic E-state index is 0.133. The Kier molecular flexibility index (Phi) is 3.40. The molecule has 114 valence electrons. The summed E-state index contributed by atoms with van der Waals surface area (Å²) >= 11 is 1.68. The van der Waals surface area contributed by atoms with Crippen LogP contribution in [0.25, 0.3) is 0 Å². The van der Waals surface area contributed by atoms with E-state index in [0.717, 1.165) is 35.6 Å². The maximum absolute atomic E-state index is 12.6. The standard InChI is InChI=1S/C16H23N3OS/c1-10-9-21-15(17-10)14(11-5-6-11)18-16(20)19-7-12-3-2-4-13(12)8-19/h9,11-14H,2-8H2,1H3,(H,18,20)/t12-,13-,14-/m1/s1. The highest BCUT2D eigenvalue weighted by molar-refractivity contribution is 7.09. The molecule has 0 aromatic carbocycles. The summed E-state index contributed by atoms with van der Waals surface area (Å²) in [7, 11) is 0. The molecule has 3 aliphatic rings. The third-order valence-electron chi connectivity index (χ3n) is 5.29. The first-order valence-corrected chi connectivity index (χ1v) is 9.06. The van der Waals surface area contributed by atoms with Crippen molar-refractivity contribution in [3.63, 3.8) is 0 Å². The molecule has 5 heteroatoms. The van der Waals surface area contributed by atoms with E-state index in [1.54, 1.807) is 11.3 Å². The average molecular weight is 305 g/mol. The Balaban J connectivity index is 1.42. The lowest BCUT2D eigenvalue weighted by atomic mass is 10.0. The molecule has 0 spiro atoms. The van der Waals surface area contributed by atoms with Crippen LogP contribution in [0.2, 0.25) is 0 Å². The van der Waals surface area contributed by atoms with Crippen LogP contribution < -0.4 is 5.32 Å². The van der Waals surface area contributed by atoms with Crippen LogP contribution in [0.3, 0.4) is 0 Å². The van der Waals surface area contributed by atoms with E-state index in [0.29, 0.717) is 5.92 Å². The van der Waals surface area contributed by atoms with E-state index in [1.165, 1.54) is 32.1 Å². The highest BCUT2D eigenvalue weighted by Gasteiger charge is 2.40. The Morgan fingerprint density at radius 1 is 1.33 bits per heavy atom. The van der Waals surface area contributed by atoms with Crippen LogP contribution in [0.5, 0.6) is 0 Å². The zero-order chi connectivity index (χ0) is 14.4. The second kappa shape index (κ2) is 5.27. The van der Waals surface area contributed by atoms with Crippen molar-refractivity contribution in [2.24, 2.45) is 17.8 Å². The Labute approximate surface area is 129 Å². The molecular weight excluding hydrogens is 282 g/mol. The number of amides is 2. The summed E-state index contributed by atoms with van der Waals surface area (Å²) < 4.78 is 0. The van der Waals surface area contributed by atoms with E-state index >= 15 is 0 Å². The van der Waals surface area contributed by atoms with E-state index in [4.69, 9.17) is 0 Å². The molecule has 0 radical (unpaired) electrons. The second-order valence-electron chi connectivity index (χ2n) is 6.95. The fourth-order valence-corrected chi connectivity index (χ4v) is 4.89. The Bertz CT molecular complexity index is 527. The maximum atomic E-state index is 12.6. The quantitative estimate of drug-likeness (QED) is 0.931. The van der Waals surface area contributed by atoms with Crippen LogP contribution in [0.15, 0.2) is 5.38 Å². The smallest absolute Gasteiger partial charge is 0.317 e. The fraction of sp³-hybridized carbons (Fsp3) is 0.750. The molecule has 4 nitrogen and oxygen atoms in total. The third-order valence-corrected chi connectivity index (χ3v) is 6.33. The van der Waals surface area contributed by atoms with Crippen molar-refractivity contribution < 1.29 is 4.79 Å². The molecule has 1 saturated heterocycles. The SMILES string of the molecule is Cc1csc([C@H](NC(=O)N2C[C@H]3CCC[C@@H]3C2)C2CC2)n1. The molecule has 1 N–H and O–H groups in total. The van der Waals surface area contributed by atoms with Crippen molar-refractivity contribution in [2.45, 2.75) is 45.1 Å². The Hall–Kier alpha value is -1.10. The zero-order valence-corrected chi connectivity index (χ0v) is 13.4. The van der Waals surface area contributed by atoms with Gasteiger partial charge in [0.1, 0.15) is 5.01 Å². The first kappa shape index (κ1) is 13.6. The zero-order valence-electron chi connectivity index (χ0n) is 12.5. The predicted molar refractivity (Wildman–Crippen MR) is 83.3 cm³/mol. The summed E-state index contributed by atoms with van der Waals surface area (Å²) in [5.74, 6) is 2.12. The van der Waals surface area contributed by atoms with E-state index in [1.807, 2.05) is 11.8 Å². The highest BCUT2D eigenvalue weighted by atomic mass is 32.1. The number of carbonyl (C=O) groups is 1. The van der Waals surface area contributed by atoms with Crippen LogP contribution in [0, 0.1) is 24.7 Å².